The average Bonchev–Trinajstić information content (AvgIpc) is 2.71. The summed E-state index contributed by atoms with van der Waals surface area (Å²) in [5, 5.41) is 0. The molecular formula is C18H28N2O3S. The normalized spacial score (nSPS) is 17.6. The molecule has 1 aromatic carbocycles. The van der Waals surface area contributed by atoms with Crippen LogP contribution in [0.2, 0.25) is 0 Å². The molecule has 0 bridgehead atoms. The van der Waals surface area contributed by atoms with Crippen LogP contribution in [-0.2, 0) is 14.8 Å². The molecule has 0 radical (unpaired) electrons. The van der Waals surface area contributed by atoms with Crippen LogP contribution in [-0.4, -0.2) is 49.7 Å². The quantitative estimate of drug-likeness (QED) is 0.822. The Bertz CT molecular complexity index is 720. The summed E-state index contributed by atoms with van der Waals surface area (Å²) in [7, 11) is -3.52. The van der Waals surface area contributed by atoms with Crippen LogP contribution in [0.4, 0.5) is 0 Å². The van der Waals surface area contributed by atoms with E-state index in [4.69, 9.17) is 0 Å². The van der Waals surface area contributed by atoms with Gasteiger partial charge in [-0.15, -0.1) is 0 Å². The summed E-state index contributed by atoms with van der Waals surface area (Å²) < 4.78 is 27.5. The number of amides is 1. The standard InChI is InChI=1S/C18H28N2O3S/c1-14-7-8-16(15(2)13-14)24(22,23)20-10-6-9-19(11-12-20)17(21)18(3,4)5/h7-8,13H,6,9-12H2,1-5H3. The molecule has 1 saturated heterocycles. The van der Waals surface area contributed by atoms with Crippen molar-refractivity contribution < 1.29 is 13.2 Å². The van der Waals surface area contributed by atoms with E-state index in [-0.39, 0.29) is 5.91 Å². The van der Waals surface area contributed by atoms with Crippen molar-refractivity contribution in [3.8, 4) is 0 Å². The molecule has 1 fully saturated rings. The fraction of sp³-hybridized carbons (Fsp3) is 0.611. The van der Waals surface area contributed by atoms with Crippen LogP contribution < -0.4 is 0 Å². The Morgan fingerprint density at radius 1 is 1.04 bits per heavy atom. The van der Waals surface area contributed by atoms with Crippen molar-refractivity contribution in [2.24, 2.45) is 5.41 Å². The first-order valence-electron chi connectivity index (χ1n) is 8.40. The second-order valence-corrected chi connectivity index (χ2v) is 9.48. The van der Waals surface area contributed by atoms with E-state index >= 15 is 0 Å². The summed E-state index contributed by atoms with van der Waals surface area (Å²) in [6.45, 7) is 11.3. The lowest BCUT2D eigenvalue weighted by molar-refractivity contribution is -0.139. The summed E-state index contributed by atoms with van der Waals surface area (Å²) in [4.78, 5) is 14.6. The second-order valence-electron chi connectivity index (χ2n) is 7.57. The number of hydrogen-bond acceptors (Lipinski definition) is 3. The first-order chi connectivity index (χ1) is 11.0. The van der Waals surface area contributed by atoms with Crippen molar-refractivity contribution in [3.63, 3.8) is 0 Å². The van der Waals surface area contributed by atoms with Crippen molar-refractivity contribution in [1.29, 1.82) is 0 Å². The monoisotopic (exact) mass is 352 g/mol. The molecule has 0 aliphatic carbocycles. The largest absolute Gasteiger partial charge is 0.341 e. The van der Waals surface area contributed by atoms with Gasteiger partial charge in [0.1, 0.15) is 0 Å². The molecule has 1 aromatic rings. The van der Waals surface area contributed by atoms with Gasteiger partial charge in [-0.3, -0.25) is 4.79 Å². The van der Waals surface area contributed by atoms with Gasteiger partial charge in [0.05, 0.1) is 4.90 Å². The van der Waals surface area contributed by atoms with Gasteiger partial charge in [-0.25, -0.2) is 8.42 Å². The highest BCUT2D eigenvalue weighted by atomic mass is 32.2. The van der Waals surface area contributed by atoms with Gasteiger partial charge in [-0.2, -0.15) is 4.31 Å². The van der Waals surface area contributed by atoms with Crippen LogP contribution in [0.25, 0.3) is 0 Å². The average molecular weight is 353 g/mol. The number of carbonyl (C=O) groups is 1. The molecule has 2 rings (SSSR count). The zero-order valence-electron chi connectivity index (χ0n) is 15.3. The van der Waals surface area contributed by atoms with E-state index in [1.54, 1.807) is 11.0 Å². The molecule has 1 aliphatic heterocycles. The van der Waals surface area contributed by atoms with Gasteiger partial charge < -0.3 is 4.90 Å². The van der Waals surface area contributed by atoms with E-state index in [2.05, 4.69) is 0 Å². The Morgan fingerprint density at radius 2 is 1.71 bits per heavy atom. The predicted molar refractivity (Wildman–Crippen MR) is 95.3 cm³/mol. The summed E-state index contributed by atoms with van der Waals surface area (Å²) >= 11 is 0. The Kier molecular flexibility index (Phi) is 5.40. The van der Waals surface area contributed by atoms with Gasteiger partial charge in [-0.1, -0.05) is 38.5 Å². The zero-order valence-corrected chi connectivity index (χ0v) is 16.1. The zero-order chi connectivity index (χ0) is 18.1. The molecule has 134 valence electrons. The highest BCUT2D eigenvalue weighted by Gasteiger charge is 2.32. The first kappa shape index (κ1) is 18.9. The highest BCUT2D eigenvalue weighted by molar-refractivity contribution is 7.89. The molecule has 0 N–H and O–H groups in total. The molecule has 24 heavy (non-hydrogen) atoms. The van der Waals surface area contributed by atoms with Crippen LogP contribution in [0.5, 0.6) is 0 Å². The number of benzene rings is 1. The topological polar surface area (TPSA) is 57.7 Å². The maximum Gasteiger partial charge on any atom is 0.243 e. The lowest BCUT2D eigenvalue weighted by atomic mass is 9.94. The summed E-state index contributed by atoms with van der Waals surface area (Å²) in [6, 6.07) is 5.40. The van der Waals surface area contributed by atoms with Crippen molar-refractivity contribution in [1.82, 2.24) is 9.21 Å². The van der Waals surface area contributed by atoms with E-state index in [1.807, 2.05) is 46.8 Å². The van der Waals surface area contributed by atoms with E-state index in [1.165, 1.54) is 4.31 Å². The molecular weight excluding hydrogens is 324 g/mol. The Morgan fingerprint density at radius 3 is 2.29 bits per heavy atom. The van der Waals surface area contributed by atoms with Crippen LogP contribution in [0.15, 0.2) is 23.1 Å². The predicted octanol–water partition coefficient (Wildman–Crippen LogP) is 2.57. The van der Waals surface area contributed by atoms with Crippen LogP contribution >= 0.6 is 0 Å². The Balaban J connectivity index is 2.20. The molecule has 6 heteroatoms. The lowest BCUT2D eigenvalue weighted by Gasteiger charge is -2.28. The fourth-order valence-electron chi connectivity index (χ4n) is 3.04. The Hall–Kier alpha value is -1.40. The number of nitrogens with zero attached hydrogens (tertiary/aromatic N) is 2. The number of carbonyl (C=O) groups excluding carboxylic acids is 1. The van der Waals surface area contributed by atoms with Gasteiger partial charge in [0.15, 0.2) is 0 Å². The number of aryl methyl sites for hydroxylation is 2. The van der Waals surface area contributed by atoms with Crippen molar-refractivity contribution in [3.05, 3.63) is 29.3 Å². The van der Waals surface area contributed by atoms with Crippen molar-refractivity contribution >= 4 is 15.9 Å². The summed E-state index contributed by atoms with van der Waals surface area (Å²) in [5.41, 5.74) is 1.37. The highest BCUT2D eigenvalue weighted by Crippen LogP contribution is 2.24. The van der Waals surface area contributed by atoms with Crippen LogP contribution in [0, 0.1) is 19.3 Å². The molecule has 0 spiro atoms. The van der Waals surface area contributed by atoms with Crippen LogP contribution in [0.1, 0.15) is 38.3 Å². The minimum Gasteiger partial charge on any atom is -0.341 e. The van der Waals surface area contributed by atoms with E-state index in [0.717, 1.165) is 11.1 Å². The van der Waals surface area contributed by atoms with Gasteiger partial charge >= 0.3 is 0 Å². The lowest BCUT2D eigenvalue weighted by Crippen LogP contribution is -2.42. The maximum atomic E-state index is 13.0. The summed E-state index contributed by atoms with van der Waals surface area (Å²) in [5.74, 6) is 0.0771. The minimum atomic E-state index is -3.52. The van der Waals surface area contributed by atoms with E-state index < -0.39 is 15.4 Å². The SMILES string of the molecule is Cc1ccc(S(=O)(=O)N2CCCN(C(=O)C(C)(C)C)CC2)c(C)c1. The smallest absolute Gasteiger partial charge is 0.243 e. The molecule has 1 heterocycles. The first-order valence-corrected chi connectivity index (χ1v) is 9.84. The minimum absolute atomic E-state index is 0.0771. The van der Waals surface area contributed by atoms with Gasteiger partial charge in [0, 0.05) is 31.6 Å². The number of rotatable bonds is 2. The number of sulfonamides is 1. The van der Waals surface area contributed by atoms with E-state index in [0.29, 0.717) is 37.5 Å². The second kappa shape index (κ2) is 6.84. The summed E-state index contributed by atoms with van der Waals surface area (Å²) in [6.07, 6.45) is 0.659. The van der Waals surface area contributed by atoms with Crippen molar-refractivity contribution in [2.45, 2.75) is 45.9 Å². The third-order valence-corrected chi connectivity index (χ3v) is 6.39. The van der Waals surface area contributed by atoms with Gasteiger partial charge in [0.2, 0.25) is 15.9 Å². The molecule has 0 aromatic heterocycles. The number of hydrogen-bond donors (Lipinski definition) is 0. The molecule has 0 saturated carbocycles. The van der Waals surface area contributed by atoms with Gasteiger partial charge in [-0.05, 0) is 31.9 Å². The van der Waals surface area contributed by atoms with Crippen LogP contribution in [0.3, 0.4) is 0 Å². The third-order valence-electron chi connectivity index (χ3n) is 4.33. The molecule has 0 unspecified atom stereocenters. The molecule has 1 aliphatic rings. The molecule has 5 nitrogen and oxygen atoms in total. The van der Waals surface area contributed by atoms with Crippen molar-refractivity contribution in [2.75, 3.05) is 26.2 Å². The molecule has 0 atom stereocenters. The van der Waals surface area contributed by atoms with E-state index in [9.17, 15) is 13.2 Å². The Labute approximate surface area is 145 Å². The van der Waals surface area contributed by atoms with Gasteiger partial charge in [0.25, 0.3) is 0 Å². The fourth-order valence-corrected chi connectivity index (χ4v) is 4.71. The maximum absolute atomic E-state index is 13.0. The third kappa shape index (κ3) is 3.98. The molecule has 1 amide bonds.